The smallest absolute Gasteiger partial charge is 0.221 e. The molecule has 0 radical (unpaired) electrons. The molecule has 0 unspecified atom stereocenters. The molecule has 1 heterocycles. The number of anilines is 1. The summed E-state index contributed by atoms with van der Waals surface area (Å²) >= 11 is 11.2. The van der Waals surface area contributed by atoms with Gasteiger partial charge in [0.25, 0.3) is 0 Å². The van der Waals surface area contributed by atoms with Crippen molar-refractivity contribution < 1.29 is 4.79 Å². The number of rotatable bonds is 1. The number of hydrogen-bond donors (Lipinski definition) is 1. The lowest BCUT2D eigenvalue weighted by Crippen LogP contribution is -2.05. The zero-order valence-corrected chi connectivity index (χ0v) is 7.78. The summed E-state index contributed by atoms with van der Waals surface area (Å²) in [6.07, 6.45) is 0. The minimum atomic E-state index is -0.173. The van der Waals surface area contributed by atoms with Gasteiger partial charge in [-0.1, -0.05) is 23.2 Å². The average Bonchev–Trinajstić information content (AvgIpc) is 1.81. The van der Waals surface area contributed by atoms with E-state index < -0.39 is 0 Å². The second-order valence-electron chi connectivity index (χ2n) is 2.18. The maximum atomic E-state index is 10.6. The van der Waals surface area contributed by atoms with Crippen molar-refractivity contribution in [3.63, 3.8) is 0 Å². The Morgan fingerprint density at radius 3 is 2.33 bits per heavy atom. The summed E-state index contributed by atoms with van der Waals surface area (Å²) in [7, 11) is 0. The van der Waals surface area contributed by atoms with Gasteiger partial charge in [-0.25, -0.2) is 4.98 Å². The van der Waals surface area contributed by atoms with Crippen molar-refractivity contribution in [1.82, 2.24) is 4.98 Å². The third-order valence-corrected chi connectivity index (χ3v) is 1.47. The Morgan fingerprint density at radius 1 is 1.42 bits per heavy atom. The fourth-order valence-electron chi connectivity index (χ4n) is 0.740. The first kappa shape index (κ1) is 9.29. The maximum absolute atomic E-state index is 10.6. The molecule has 1 amide bonds. The summed E-state index contributed by atoms with van der Waals surface area (Å²) in [5.74, 6) is -0.173. The summed E-state index contributed by atoms with van der Waals surface area (Å²) in [4.78, 5) is 14.3. The van der Waals surface area contributed by atoms with Crippen LogP contribution in [0.1, 0.15) is 6.92 Å². The lowest BCUT2D eigenvalue weighted by Gasteiger charge is -2.01. The number of nitrogens with one attached hydrogen (secondary N) is 1. The van der Waals surface area contributed by atoms with E-state index in [4.69, 9.17) is 23.2 Å². The lowest BCUT2D eigenvalue weighted by atomic mass is 10.4. The topological polar surface area (TPSA) is 42.0 Å². The summed E-state index contributed by atoms with van der Waals surface area (Å²) < 4.78 is 0. The van der Waals surface area contributed by atoms with Crippen molar-refractivity contribution in [3.8, 4) is 0 Å². The number of hydrogen-bond acceptors (Lipinski definition) is 2. The molecule has 64 valence electrons. The van der Waals surface area contributed by atoms with Crippen LogP contribution < -0.4 is 5.32 Å². The molecule has 1 aromatic rings. The van der Waals surface area contributed by atoms with Gasteiger partial charge in [-0.15, -0.1) is 0 Å². The van der Waals surface area contributed by atoms with E-state index in [0.717, 1.165) is 0 Å². The van der Waals surface area contributed by atoms with Gasteiger partial charge in [-0.3, -0.25) is 4.79 Å². The average molecular weight is 205 g/mol. The quantitative estimate of drug-likeness (QED) is 0.715. The molecule has 0 aliphatic carbocycles. The Bertz CT molecular complexity index is 294. The second-order valence-corrected chi connectivity index (χ2v) is 2.96. The first-order chi connectivity index (χ1) is 5.58. The van der Waals surface area contributed by atoms with Crippen molar-refractivity contribution >= 4 is 34.8 Å². The summed E-state index contributed by atoms with van der Waals surface area (Å²) in [5.41, 5.74) is 0.549. The highest BCUT2D eigenvalue weighted by molar-refractivity contribution is 6.32. The van der Waals surface area contributed by atoms with Gasteiger partial charge in [0.15, 0.2) is 0 Å². The molecular weight excluding hydrogens is 199 g/mol. The Balaban J connectivity index is 2.93. The van der Waals surface area contributed by atoms with Gasteiger partial charge >= 0.3 is 0 Å². The predicted molar refractivity (Wildman–Crippen MR) is 48.6 cm³/mol. The lowest BCUT2D eigenvalue weighted by molar-refractivity contribution is -0.114. The van der Waals surface area contributed by atoms with Crippen LogP contribution in [0.15, 0.2) is 12.1 Å². The van der Waals surface area contributed by atoms with E-state index in [0.29, 0.717) is 5.69 Å². The van der Waals surface area contributed by atoms with E-state index in [1.54, 1.807) is 0 Å². The first-order valence-electron chi connectivity index (χ1n) is 3.18. The summed E-state index contributed by atoms with van der Waals surface area (Å²) in [6.45, 7) is 1.40. The van der Waals surface area contributed by atoms with Gasteiger partial charge < -0.3 is 5.32 Å². The molecule has 12 heavy (non-hydrogen) atoms. The van der Waals surface area contributed by atoms with Crippen LogP contribution in [-0.4, -0.2) is 10.9 Å². The van der Waals surface area contributed by atoms with E-state index >= 15 is 0 Å². The summed E-state index contributed by atoms with van der Waals surface area (Å²) in [5, 5.41) is 3.05. The maximum Gasteiger partial charge on any atom is 0.221 e. The molecular formula is C7H6Cl2N2O. The number of pyridine rings is 1. The number of halogens is 2. The highest BCUT2D eigenvalue weighted by atomic mass is 35.5. The van der Waals surface area contributed by atoms with Crippen LogP contribution >= 0.6 is 23.2 Å². The highest BCUT2D eigenvalue weighted by Gasteiger charge is 1.99. The SMILES string of the molecule is CC(=O)Nc1cc(Cl)nc(Cl)c1. The molecule has 0 aliphatic rings. The minimum absolute atomic E-state index is 0.173. The van der Waals surface area contributed by atoms with Crippen LogP contribution in [0.2, 0.25) is 10.3 Å². The third kappa shape index (κ3) is 2.68. The van der Waals surface area contributed by atoms with Crippen LogP contribution in [0.5, 0.6) is 0 Å². The molecule has 0 fully saturated rings. The van der Waals surface area contributed by atoms with Crippen LogP contribution in [-0.2, 0) is 4.79 Å². The number of carbonyl (C=O) groups excluding carboxylic acids is 1. The van der Waals surface area contributed by atoms with Crippen LogP contribution in [0, 0.1) is 0 Å². The van der Waals surface area contributed by atoms with Crippen molar-refractivity contribution in [2.45, 2.75) is 6.92 Å². The van der Waals surface area contributed by atoms with Crippen molar-refractivity contribution in [3.05, 3.63) is 22.4 Å². The van der Waals surface area contributed by atoms with Gasteiger partial charge in [-0.2, -0.15) is 0 Å². The zero-order chi connectivity index (χ0) is 9.14. The van der Waals surface area contributed by atoms with E-state index in [2.05, 4.69) is 10.3 Å². The summed E-state index contributed by atoms with van der Waals surface area (Å²) in [6, 6.07) is 3.05. The third-order valence-electron chi connectivity index (χ3n) is 1.08. The van der Waals surface area contributed by atoms with Crippen LogP contribution in [0.25, 0.3) is 0 Å². The number of aromatic nitrogens is 1. The molecule has 1 N–H and O–H groups in total. The van der Waals surface area contributed by atoms with Gasteiger partial charge in [0, 0.05) is 12.6 Å². The number of nitrogens with zero attached hydrogens (tertiary/aromatic N) is 1. The Morgan fingerprint density at radius 2 is 1.92 bits per heavy atom. The molecule has 3 nitrogen and oxygen atoms in total. The van der Waals surface area contributed by atoms with Gasteiger partial charge in [0.05, 0.1) is 0 Å². The Hall–Kier alpha value is -0.800. The second kappa shape index (κ2) is 3.74. The highest BCUT2D eigenvalue weighted by Crippen LogP contribution is 2.18. The fraction of sp³-hybridized carbons (Fsp3) is 0.143. The number of amides is 1. The molecule has 0 atom stereocenters. The van der Waals surface area contributed by atoms with Crippen molar-refractivity contribution in [2.75, 3.05) is 5.32 Å². The normalized spacial score (nSPS) is 9.58. The zero-order valence-electron chi connectivity index (χ0n) is 6.27. The molecule has 0 saturated carbocycles. The Kier molecular flexibility index (Phi) is 2.89. The number of carbonyl (C=O) groups is 1. The van der Waals surface area contributed by atoms with Crippen LogP contribution in [0.3, 0.4) is 0 Å². The van der Waals surface area contributed by atoms with Gasteiger partial charge in [-0.05, 0) is 12.1 Å². The van der Waals surface area contributed by atoms with E-state index in [9.17, 15) is 4.79 Å². The van der Waals surface area contributed by atoms with E-state index in [-0.39, 0.29) is 16.2 Å². The molecule has 0 aromatic carbocycles. The monoisotopic (exact) mass is 204 g/mol. The largest absolute Gasteiger partial charge is 0.326 e. The predicted octanol–water partition coefficient (Wildman–Crippen LogP) is 2.35. The molecule has 1 rings (SSSR count). The molecule has 5 heteroatoms. The van der Waals surface area contributed by atoms with Crippen molar-refractivity contribution in [1.29, 1.82) is 0 Å². The molecule has 0 spiro atoms. The molecule has 0 bridgehead atoms. The van der Waals surface area contributed by atoms with Gasteiger partial charge in [0.1, 0.15) is 10.3 Å². The van der Waals surface area contributed by atoms with Crippen molar-refractivity contribution in [2.24, 2.45) is 0 Å². The first-order valence-corrected chi connectivity index (χ1v) is 3.94. The molecule has 0 aliphatic heterocycles. The van der Waals surface area contributed by atoms with Gasteiger partial charge in [0.2, 0.25) is 5.91 Å². The Labute approximate surface area is 79.7 Å². The fourth-order valence-corrected chi connectivity index (χ4v) is 1.20. The standard InChI is InChI=1S/C7H6Cl2N2O/c1-4(12)10-5-2-6(8)11-7(9)3-5/h2-3H,1H3,(H,10,11,12). The van der Waals surface area contributed by atoms with E-state index in [1.807, 2.05) is 0 Å². The van der Waals surface area contributed by atoms with Crippen LogP contribution in [0.4, 0.5) is 5.69 Å². The molecule has 0 saturated heterocycles. The minimum Gasteiger partial charge on any atom is -0.326 e. The van der Waals surface area contributed by atoms with E-state index in [1.165, 1.54) is 19.1 Å². The molecule has 1 aromatic heterocycles.